The molecule has 3 nitrogen and oxygen atoms in total. The van der Waals surface area contributed by atoms with Crippen molar-refractivity contribution in [3.05, 3.63) is 41.9 Å². The van der Waals surface area contributed by atoms with Crippen LogP contribution < -0.4 is 5.32 Å². The van der Waals surface area contributed by atoms with E-state index in [-0.39, 0.29) is 5.82 Å². The van der Waals surface area contributed by atoms with E-state index < -0.39 is 5.60 Å². The molecule has 1 aromatic rings. The highest BCUT2D eigenvalue weighted by Gasteiger charge is 2.21. The third-order valence-electron chi connectivity index (χ3n) is 2.72. The van der Waals surface area contributed by atoms with Crippen molar-refractivity contribution in [3.8, 4) is 0 Å². The lowest BCUT2D eigenvalue weighted by atomic mass is 9.94. The summed E-state index contributed by atoms with van der Waals surface area (Å²) in [6, 6.07) is 6.25. The second-order valence-corrected chi connectivity index (χ2v) is 4.00. The van der Waals surface area contributed by atoms with Gasteiger partial charge < -0.3 is 15.8 Å². The van der Waals surface area contributed by atoms with Gasteiger partial charge in [-0.05, 0) is 25.5 Å². The highest BCUT2D eigenvalue weighted by molar-refractivity contribution is 5.79. The Bertz CT molecular complexity index is 427. The van der Waals surface area contributed by atoms with Gasteiger partial charge in [-0.15, -0.1) is 0 Å². The summed E-state index contributed by atoms with van der Waals surface area (Å²) < 4.78 is 13.3. The summed E-state index contributed by atoms with van der Waals surface area (Å²) in [6.45, 7) is 3.44. The summed E-state index contributed by atoms with van der Waals surface area (Å²) in [4.78, 5) is 0. The summed E-state index contributed by atoms with van der Waals surface area (Å²) >= 11 is 0. The van der Waals surface area contributed by atoms with Crippen molar-refractivity contribution in [1.29, 1.82) is 5.41 Å². The monoisotopic (exact) mass is 236 g/mol. The van der Waals surface area contributed by atoms with Crippen LogP contribution in [0.3, 0.4) is 0 Å². The Labute approximate surface area is 100 Å². The Hall–Kier alpha value is -1.68. The first kappa shape index (κ1) is 13.4. The van der Waals surface area contributed by atoms with E-state index in [0.29, 0.717) is 17.7 Å². The molecule has 3 N–H and O–H groups in total. The molecule has 1 atom stereocenters. The molecule has 0 aliphatic rings. The molecule has 0 saturated carbocycles. The van der Waals surface area contributed by atoms with Crippen LogP contribution in [0.1, 0.15) is 20.3 Å². The molecule has 4 heteroatoms. The van der Waals surface area contributed by atoms with Gasteiger partial charge in [-0.1, -0.05) is 19.1 Å². The second-order valence-electron chi connectivity index (χ2n) is 4.00. The number of halogens is 1. The summed E-state index contributed by atoms with van der Waals surface area (Å²) in [7, 11) is 0. The zero-order valence-corrected chi connectivity index (χ0v) is 10.00. The predicted molar refractivity (Wildman–Crippen MR) is 67.8 cm³/mol. The van der Waals surface area contributed by atoms with Gasteiger partial charge in [0.05, 0.1) is 11.3 Å². The molecule has 0 saturated heterocycles. The highest BCUT2D eigenvalue weighted by atomic mass is 19.1. The van der Waals surface area contributed by atoms with Gasteiger partial charge in [0.25, 0.3) is 0 Å². The number of aliphatic hydroxyl groups is 1. The average molecular weight is 236 g/mol. The number of anilines is 1. The molecule has 0 bridgehead atoms. The number of rotatable bonds is 5. The minimum atomic E-state index is -1.08. The number of benzene rings is 1. The molecule has 1 unspecified atom stereocenters. The molecule has 17 heavy (non-hydrogen) atoms. The first-order valence-corrected chi connectivity index (χ1v) is 5.46. The van der Waals surface area contributed by atoms with E-state index in [1.807, 2.05) is 6.92 Å². The topological polar surface area (TPSA) is 56.1 Å². The Morgan fingerprint density at radius 2 is 2.18 bits per heavy atom. The van der Waals surface area contributed by atoms with Crippen LogP contribution in [0.4, 0.5) is 10.1 Å². The van der Waals surface area contributed by atoms with Crippen LogP contribution in [0.15, 0.2) is 36.0 Å². The maximum atomic E-state index is 13.3. The highest BCUT2D eigenvalue weighted by Crippen LogP contribution is 2.19. The van der Waals surface area contributed by atoms with Crippen molar-refractivity contribution in [2.75, 3.05) is 5.32 Å². The first-order chi connectivity index (χ1) is 8.01. The van der Waals surface area contributed by atoms with E-state index in [1.165, 1.54) is 12.3 Å². The van der Waals surface area contributed by atoms with E-state index in [4.69, 9.17) is 5.41 Å². The molecular weight excluding hydrogens is 219 g/mol. The standard InChI is InChI=1S/C13H17FN2O/c1-3-13(2,17)10(8-15)9-16-12-7-5-4-6-11(12)14/h4-9,15-17H,3H2,1-2H3/b10-9+,15-8?. The van der Waals surface area contributed by atoms with Gasteiger partial charge >= 0.3 is 0 Å². The van der Waals surface area contributed by atoms with Gasteiger partial charge in [-0.2, -0.15) is 0 Å². The van der Waals surface area contributed by atoms with Gasteiger partial charge in [0, 0.05) is 18.0 Å². The minimum absolute atomic E-state index is 0.318. The number of para-hydroxylation sites is 1. The Morgan fingerprint density at radius 1 is 1.53 bits per heavy atom. The minimum Gasteiger partial charge on any atom is -0.385 e. The van der Waals surface area contributed by atoms with Crippen LogP contribution in [-0.2, 0) is 0 Å². The van der Waals surface area contributed by atoms with Crippen molar-refractivity contribution in [3.63, 3.8) is 0 Å². The molecule has 92 valence electrons. The van der Waals surface area contributed by atoms with Crippen LogP contribution in [0.5, 0.6) is 0 Å². The van der Waals surface area contributed by atoms with Crippen molar-refractivity contribution in [2.45, 2.75) is 25.9 Å². The van der Waals surface area contributed by atoms with Gasteiger partial charge in [-0.3, -0.25) is 0 Å². The summed E-state index contributed by atoms with van der Waals surface area (Å²) in [5.41, 5.74) is -0.359. The lowest BCUT2D eigenvalue weighted by Gasteiger charge is -2.22. The predicted octanol–water partition coefficient (Wildman–Crippen LogP) is 2.93. The smallest absolute Gasteiger partial charge is 0.146 e. The molecule has 0 fully saturated rings. The number of hydrogen-bond donors (Lipinski definition) is 3. The van der Waals surface area contributed by atoms with Crippen LogP contribution in [0.2, 0.25) is 0 Å². The van der Waals surface area contributed by atoms with Crippen molar-refractivity contribution in [1.82, 2.24) is 0 Å². The molecular formula is C13H17FN2O. The first-order valence-electron chi connectivity index (χ1n) is 5.46. The van der Waals surface area contributed by atoms with E-state index in [0.717, 1.165) is 6.21 Å². The Morgan fingerprint density at radius 3 is 2.71 bits per heavy atom. The fraction of sp³-hybridized carbons (Fsp3) is 0.308. The molecule has 0 spiro atoms. The quantitative estimate of drug-likeness (QED) is 0.688. The molecule has 0 heterocycles. The maximum absolute atomic E-state index is 13.3. The molecule has 1 aromatic carbocycles. The number of nitrogens with one attached hydrogen (secondary N) is 2. The van der Waals surface area contributed by atoms with Crippen LogP contribution >= 0.6 is 0 Å². The van der Waals surface area contributed by atoms with Gasteiger partial charge in [0.2, 0.25) is 0 Å². The van der Waals surface area contributed by atoms with E-state index in [1.54, 1.807) is 25.1 Å². The van der Waals surface area contributed by atoms with Crippen LogP contribution in [0.25, 0.3) is 0 Å². The van der Waals surface area contributed by atoms with Gasteiger partial charge in [-0.25, -0.2) is 4.39 Å². The van der Waals surface area contributed by atoms with Crippen LogP contribution in [0, 0.1) is 11.2 Å². The Balaban J connectivity index is 2.89. The Kier molecular flexibility index (Phi) is 4.40. The van der Waals surface area contributed by atoms with Crippen molar-refractivity contribution in [2.24, 2.45) is 0 Å². The van der Waals surface area contributed by atoms with Gasteiger partial charge in [0.1, 0.15) is 5.82 Å². The summed E-state index contributed by atoms with van der Waals surface area (Å²) in [6.07, 6.45) is 3.00. The molecule has 0 aromatic heterocycles. The summed E-state index contributed by atoms with van der Waals surface area (Å²) in [5.74, 6) is -0.371. The van der Waals surface area contributed by atoms with Gasteiger partial charge in [0.15, 0.2) is 0 Å². The molecule has 0 radical (unpaired) electrons. The zero-order chi connectivity index (χ0) is 12.9. The van der Waals surface area contributed by atoms with Crippen molar-refractivity contribution >= 4 is 11.9 Å². The third kappa shape index (κ3) is 3.39. The SMILES string of the molecule is CCC(C)(O)/C(C=N)=C/Nc1ccccc1F. The normalized spacial score (nSPS) is 15.2. The average Bonchev–Trinajstić information content (AvgIpc) is 2.32. The van der Waals surface area contributed by atoms with E-state index >= 15 is 0 Å². The molecule has 1 rings (SSSR count). The zero-order valence-electron chi connectivity index (χ0n) is 10.00. The second kappa shape index (κ2) is 5.59. The van der Waals surface area contributed by atoms with Crippen LogP contribution in [-0.4, -0.2) is 16.9 Å². The molecule has 0 amide bonds. The van der Waals surface area contributed by atoms with Crippen molar-refractivity contribution < 1.29 is 9.50 Å². The number of hydrogen-bond acceptors (Lipinski definition) is 3. The fourth-order valence-electron chi connectivity index (χ4n) is 1.29. The largest absolute Gasteiger partial charge is 0.385 e. The lowest BCUT2D eigenvalue weighted by Crippen LogP contribution is -2.27. The maximum Gasteiger partial charge on any atom is 0.146 e. The fourth-order valence-corrected chi connectivity index (χ4v) is 1.29. The molecule has 0 aliphatic heterocycles. The third-order valence-corrected chi connectivity index (χ3v) is 2.72. The van der Waals surface area contributed by atoms with E-state index in [2.05, 4.69) is 5.32 Å². The molecule has 0 aliphatic carbocycles. The summed E-state index contributed by atoms with van der Waals surface area (Å²) in [5, 5.41) is 20.0. The van der Waals surface area contributed by atoms with E-state index in [9.17, 15) is 9.50 Å². The lowest BCUT2D eigenvalue weighted by molar-refractivity contribution is 0.101.